The van der Waals surface area contributed by atoms with Crippen molar-refractivity contribution in [3.8, 4) is 0 Å². The Hall–Kier alpha value is 0.140. The zero-order valence-corrected chi connectivity index (χ0v) is 12.1. The molecular formula is C5H3Cl2N2NaO5S. The third-order valence-corrected chi connectivity index (χ3v) is 4.54. The van der Waals surface area contributed by atoms with E-state index in [9.17, 15) is 23.1 Å². The first kappa shape index (κ1) is 16.1. The second-order valence-electron chi connectivity index (χ2n) is 2.47. The summed E-state index contributed by atoms with van der Waals surface area (Å²) in [6.07, 6.45) is 0. The van der Waals surface area contributed by atoms with Crippen LogP contribution in [0.4, 0.5) is 0 Å². The van der Waals surface area contributed by atoms with E-state index in [0.29, 0.717) is 0 Å². The zero-order valence-electron chi connectivity index (χ0n) is 7.81. The molecule has 1 aliphatic heterocycles. The molecular weight excluding hydrogens is 294 g/mol. The molecule has 0 aromatic carbocycles. The average molecular weight is 297 g/mol. The van der Waals surface area contributed by atoms with E-state index in [-0.39, 0.29) is 29.6 Å². The number of rotatable bonds is 2. The van der Waals surface area contributed by atoms with Gasteiger partial charge in [-0.25, -0.2) is 13.4 Å². The van der Waals surface area contributed by atoms with Gasteiger partial charge in [-0.05, 0) is 0 Å². The van der Waals surface area contributed by atoms with Crippen molar-refractivity contribution in [2.75, 3.05) is 0 Å². The molecule has 0 aromatic rings. The average Bonchev–Trinajstić information content (AvgIpc) is 2.00. The number of hydrogen-bond donors (Lipinski definition) is 1. The maximum Gasteiger partial charge on any atom is 1.00 e. The van der Waals surface area contributed by atoms with Crippen molar-refractivity contribution in [2.24, 2.45) is 4.99 Å². The fourth-order valence-electron chi connectivity index (χ4n) is 0.862. The monoisotopic (exact) mass is 296 g/mol. The van der Waals surface area contributed by atoms with Crippen molar-refractivity contribution in [3.05, 3.63) is 0 Å². The molecule has 0 fully saturated rings. The summed E-state index contributed by atoms with van der Waals surface area (Å²) in [5.74, 6) is -2.69. The molecule has 84 valence electrons. The predicted octanol–water partition coefficient (Wildman–Crippen LogP) is -5.09. The Kier molecular flexibility index (Phi) is 5.70. The van der Waals surface area contributed by atoms with Crippen LogP contribution in [-0.4, -0.2) is 35.7 Å². The zero-order chi connectivity index (χ0) is 11.8. The first-order valence-corrected chi connectivity index (χ1v) is 5.86. The molecule has 0 aliphatic carbocycles. The van der Waals surface area contributed by atoms with Crippen molar-refractivity contribution < 1.29 is 52.7 Å². The van der Waals surface area contributed by atoms with Crippen LogP contribution in [0, 0.1) is 0 Å². The summed E-state index contributed by atoms with van der Waals surface area (Å²) in [7, 11) is -4.40. The summed E-state index contributed by atoms with van der Waals surface area (Å²) in [5, 5.41) is 9.95. The van der Waals surface area contributed by atoms with Gasteiger partial charge in [-0.2, -0.15) is 0 Å². The van der Waals surface area contributed by atoms with E-state index >= 15 is 0 Å². The van der Waals surface area contributed by atoms with Gasteiger partial charge in [0.2, 0.25) is 19.3 Å². The van der Waals surface area contributed by atoms with Crippen LogP contribution in [-0.2, 0) is 19.4 Å². The Bertz CT molecular complexity index is 448. The summed E-state index contributed by atoms with van der Waals surface area (Å²) in [5.41, 5.74) is 0. The van der Waals surface area contributed by atoms with Crippen molar-refractivity contribution in [2.45, 2.75) is 9.42 Å². The molecule has 1 atom stereocenters. The Labute approximate surface area is 122 Å². The number of aliphatic imine (C=N–C) groups is 1. The molecule has 2 amide bonds. The molecule has 11 heteroatoms. The number of carbonyl (C=O) groups excluding carboxylic acids is 2. The molecule has 0 saturated heterocycles. The van der Waals surface area contributed by atoms with Gasteiger partial charge in [-0.1, -0.05) is 23.2 Å². The molecule has 1 heterocycles. The SMILES string of the molecule is O=C1N=C([O-])NC(=O)C1S(=O)(=O)C(Cl)Cl.[Na+]. The minimum Gasteiger partial charge on any atom is -0.846 e. The van der Waals surface area contributed by atoms with Gasteiger partial charge >= 0.3 is 29.6 Å². The maximum atomic E-state index is 11.3. The van der Waals surface area contributed by atoms with Gasteiger partial charge in [0.1, 0.15) is 0 Å². The topological polar surface area (TPSA) is 116 Å². The molecule has 0 aromatic heterocycles. The number of alkyl halides is 2. The quantitative estimate of drug-likeness (QED) is 0.311. The van der Waals surface area contributed by atoms with E-state index in [1.165, 1.54) is 0 Å². The third kappa shape index (κ3) is 3.08. The van der Waals surface area contributed by atoms with Crippen LogP contribution in [0.1, 0.15) is 0 Å². The Balaban J connectivity index is 0.00000225. The standard InChI is InChI=1S/C5H4Cl2N2O5S.Na/c6-4(7)15(13,14)1-2(10)8-5(12)9-3(1)11;/h1,4H,(H2,8,9,10,11,12);/q;+1/p-1. The molecule has 0 bridgehead atoms. The van der Waals surface area contributed by atoms with E-state index < -0.39 is 37.1 Å². The van der Waals surface area contributed by atoms with E-state index in [4.69, 9.17) is 23.2 Å². The predicted molar refractivity (Wildman–Crippen MR) is 48.8 cm³/mol. The van der Waals surface area contributed by atoms with Crippen molar-refractivity contribution in [3.63, 3.8) is 0 Å². The molecule has 7 nitrogen and oxygen atoms in total. The summed E-state index contributed by atoms with van der Waals surface area (Å²) < 4.78 is 20.6. The van der Waals surface area contributed by atoms with Gasteiger partial charge in [0.25, 0.3) is 11.8 Å². The number of nitrogens with zero attached hydrogens (tertiary/aromatic N) is 1. The largest absolute Gasteiger partial charge is 1.00 e. The molecule has 1 unspecified atom stereocenters. The van der Waals surface area contributed by atoms with Gasteiger partial charge in [-0.3, -0.25) is 9.59 Å². The van der Waals surface area contributed by atoms with Crippen LogP contribution >= 0.6 is 23.2 Å². The van der Waals surface area contributed by atoms with E-state index in [1.54, 1.807) is 5.32 Å². The number of amidine groups is 1. The summed E-state index contributed by atoms with van der Waals surface area (Å²) in [6, 6.07) is -1.21. The van der Waals surface area contributed by atoms with E-state index in [0.717, 1.165) is 0 Å². The minimum atomic E-state index is -4.40. The normalized spacial score (nSPS) is 21.2. The molecule has 1 rings (SSSR count). The summed E-state index contributed by atoms with van der Waals surface area (Å²) in [6.45, 7) is 0. The molecule has 0 spiro atoms. The number of nitrogens with one attached hydrogen (secondary N) is 1. The van der Waals surface area contributed by atoms with Gasteiger partial charge in [0, 0.05) is 0 Å². The second kappa shape index (κ2) is 5.65. The van der Waals surface area contributed by atoms with Gasteiger partial charge in [-0.15, -0.1) is 0 Å². The number of hydrogen-bond acceptors (Lipinski definition) is 5. The van der Waals surface area contributed by atoms with Gasteiger partial charge < -0.3 is 10.4 Å². The fourth-order valence-corrected chi connectivity index (χ4v) is 2.38. The van der Waals surface area contributed by atoms with Crippen molar-refractivity contribution >= 4 is 50.9 Å². The molecule has 0 radical (unpaired) electrons. The van der Waals surface area contributed by atoms with Crippen LogP contribution in [0.2, 0.25) is 0 Å². The molecule has 0 saturated carbocycles. The number of amides is 2. The van der Waals surface area contributed by atoms with Crippen LogP contribution in [0.25, 0.3) is 0 Å². The second-order valence-corrected chi connectivity index (χ2v) is 6.21. The fraction of sp³-hybridized carbons (Fsp3) is 0.400. The van der Waals surface area contributed by atoms with E-state index in [2.05, 4.69) is 4.99 Å². The van der Waals surface area contributed by atoms with Gasteiger partial charge in [0.15, 0.2) is 0 Å². The van der Waals surface area contributed by atoms with E-state index in [1.807, 2.05) is 0 Å². The Morgan fingerprint density at radius 1 is 1.38 bits per heavy atom. The Morgan fingerprint density at radius 3 is 2.25 bits per heavy atom. The van der Waals surface area contributed by atoms with Crippen LogP contribution < -0.4 is 40.0 Å². The first-order valence-electron chi connectivity index (χ1n) is 3.38. The smallest absolute Gasteiger partial charge is 0.846 e. The van der Waals surface area contributed by atoms with Gasteiger partial charge in [0.05, 0.1) is 6.02 Å². The first-order chi connectivity index (χ1) is 6.76. The Morgan fingerprint density at radius 2 is 1.88 bits per heavy atom. The molecule has 16 heavy (non-hydrogen) atoms. The van der Waals surface area contributed by atoms with Crippen molar-refractivity contribution in [1.29, 1.82) is 0 Å². The number of halogens is 2. The summed E-state index contributed by atoms with van der Waals surface area (Å²) in [4.78, 5) is 24.8. The summed E-state index contributed by atoms with van der Waals surface area (Å²) >= 11 is 10.2. The van der Waals surface area contributed by atoms with Crippen LogP contribution in [0.15, 0.2) is 4.99 Å². The van der Waals surface area contributed by atoms with Crippen LogP contribution in [0.5, 0.6) is 0 Å². The van der Waals surface area contributed by atoms with Crippen LogP contribution in [0.3, 0.4) is 0 Å². The third-order valence-electron chi connectivity index (χ3n) is 1.48. The number of carbonyl (C=O) groups is 2. The van der Waals surface area contributed by atoms with Crippen molar-refractivity contribution in [1.82, 2.24) is 5.32 Å². The molecule has 1 aliphatic rings. The minimum absolute atomic E-state index is 0. The number of sulfone groups is 1. The maximum absolute atomic E-state index is 11.3. The molecule has 1 N–H and O–H groups in total.